The van der Waals surface area contributed by atoms with Crippen LogP contribution in [0.2, 0.25) is 0 Å². The highest BCUT2D eigenvalue weighted by Crippen LogP contribution is 2.11. The summed E-state index contributed by atoms with van der Waals surface area (Å²) < 4.78 is 0. The van der Waals surface area contributed by atoms with Crippen LogP contribution in [0.25, 0.3) is 0 Å². The molecule has 1 rings (SSSR count). The number of amides is 1. The highest BCUT2D eigenvalue weighted by Gasteiger charge is 2.17. The van der Waals surface area contributed by atoms with Crippen LogP contribution >= 0.6 is 0 Å². The first-order valence-electron chi connectivity index (χ1n) is 7.10. The number of likely N-dealkylation sites (N-methyl/N-ethyl adjacent to an activating group) is 1. The minimum Gasteiger partial charge on any atom is -0.389 e. The fourth-order valence-corrected chi connectivity index (χ4v) is 2.21. The van der Waals surface area contributed by atoms with E-state index in [1.54, 1.807) is 18.7 Å². The van der Waals surface area contributed by atoms with Crippen molar-refractivity contribution in [1.29, 1.82) is 0 Å². The van der Waals surface area contributed by atoms with Crippen LogP contribution in [0, 0.1) is 0 Å². The molecule has 0 aromatic heterocycles. The Balaban J connectivity index is 2.45. The van der Waals surface area contributed by atoms with Gasteiger partial charge in [0.25, 0.3) is 0 Å². The highest BCUT2D eigenvalue weighted by molar-refractivity contribution is 5.92. The van der Waals surface area contributed by atoms with Gasteiger partial charge in [-0.05, 0) is 45.0 Å². The van der Waals surface area contributed by atoms with Gasteiger partial charge < -0.3 is 10.4 Å². The van der Waals surface area contributed by atoms with Crippen LogP contribution in [0.15, 0.2) is 24.3 Å². The van der Waals surface area contributed by atoms with Crippen molar-refractivity contribution in [2.45, 2.75) is 39.2 Å². The predicted molar refractivity (Wildman–Crippen MR) is 82.9 cm³/mol. The van der Waals surface area contributed by atoms with Gasteiger partial charge in [-0.1, -0.05) is 25.5 Å². The third-order valence-electron chi connectivity index (χ3n) is 2.85. The molecule has 0 aliphatic carbocycles. The number of carbonyl (C=O) groups is 1. The average Bonchev–Trinajstić information content (AvgIpc) is 2.29. The lowest BCUT2D eigenvalue weighted by Gasteiger charge is -2.24. The van der Waals surface area contributed by atoms with E-state index in [0.717, 1.165) is 18.5 Å². The Bertz CT molecular complexity index is 421. The summed E-state index contributed by atoms with van der Waals surface area (Å²) in [6.45, 7) is 6.33. The molecule has 0 radical (unpaired) electrons. The first-order chi connectivity index (χ1) is 9.30. The second-order valence-corrected chi connectivity index (χ2v) is 5.98. The van der Waals surface area contributed by atoms with E-state index in [-0.39, 0.29) is 12.5 Å². The maximum atomic E-state index is 11.9. The second kappa shape index (κ2) is 7.41. The average molecular weight is 278 g/mol. The van der Waals surface area contributed by atoms with Gasteiger partial charge >= 0.3 is 0 Å². The third kappa shape index (κ3) is 6.68. The Morgan fingerprint density at radius 2 is 1.90 bits per heavy atom. The Kier molecular flexibility index (Phi) is 6.17. The van der Waals surface area contributed by atoms with Crippen LogP contribution in [0.5, 0.6) is 0 Å². The summed E-state index contributed by atoms with van der Waals surface area (Å²) in [6, 6.07) is 7.94. The van der Waals surface area contributed by atoms with Crippen molar-refractivity contribution in [1.82, 2.24) is 4.90 Å². The number of nitrogens with zero attached hydrogens (tertiary/aromatic N) is 1. The summed E-state index contributed by atoms with van der Waals surface area (Å²) in [7, 11) is 1.82. The van der Waals surface area contributed by atoms with E-state index in [0.29, 0.717) is 6.54 Å². The lowest BCUT2D eigenvalue weighted by atomic mass is 10.1. The predicted octanol–water partition coefficient (Wildman–Crippen LogP) is 2.28. The maximum Gasteiger partial charge on any atom is 0.238 e. The monoisotopic (exact) mass is 278 g/mol. The van der Waals surface area contributed by atoms with Crippen LogP contribution in [0.1, 0.15) is 32.8 Å². The minimum atomic E-state index is -0.795. The zero-order chi connectivity index (χ0) is 15.2. The van der Waals surface area contributed by atoms with E-state index >= 15 is 0 Å². The fourth-order valence-electron chi connectivity index (χ4n) is 2.21. The standard InChI is InChI=1S/C16H26N2O2/c1-5-6-13-7-9-14(10-8-13)17-15(19)11-18(4)12-16(2,3)20/h7-10,20H,5-6,11-12H2,1-4H3,(H,17,19). The van der Waals surface area contributed by atoms with Crippen LogP contribution in [0.4, 0.5) is 5.69 Å². The molecule has 20 heavy (non-hydrogen) atoms. The summed E-state index contributed by atoms with van der Waals surface area (Å²) in [6.07, 6.45) is 2.18. The molecule has 0 saturated carbocycles. The van der Waals surface area contributed by atoms with Crippen molar-refractivity contribution in [3.8, 4) is 0 Å². The first-order valence-corrected chi connectivity index (χ1v) is 7.10. The SMILES string of the molecule is CCCc1ccc(NC(=O)CN(C)CC(C)(C)O)cc1. The van der Waals surface area contributed by atoms with Crippen LogP contribution in [-0.2, 0) is 11.2 Å². The summed E-state index contributed by atoms with van der Waals surface area (Å²) in [5, 5.41) is 12.6. The Morgan fingerprint density at radius 3 is 2.40 bits per heavy atom. The minimum absolute atomic E-state index is 0.0695. The van der Waals surface area contributed by atoms with E-state index < -0.39 is 5.60 Å². The van der Waals surface area contributed by atoms with E-state index in [9.17, 15) is 9.90 Å². The number of hydrogen-bond acceptors (Lipinski definition) is 3. The summed E-state index contributed by atoms with van der Waals surface area (Å²) >= 11 is 0. The highest BCUT2D eigenvalue weighted by atomic mass is 16.3. The van der Waals surface area contributed by atoms with Crippen LogP contribution < -0.4 is 5.32 Å². The molecule has 0 unspecified atom stereocenters. The second-order valence-electron chi connectivity index (χ2n) is 5.98. The first kappa shape index (κ1) is 16.7. The van der Waals surface area contributed by atoms with E-state index in [2.05, 4.69) is 12.2 Å². The van der Waals surface area contributed by atoms with Crippen LogP contribution in [0.3, 0.4) is 0 Å². The molecule has 0 spiro atoms. The number of nitrogens with one attached hydrogen (secondary N) is 1. The quantitative estimate of drug-likeness (QED) is 0.804. The molecule has 0 aliphatic rings. The van der Waals surface area contributed by atoms with E-state index in [4.69, 9.17) is 0 Å². The molecule has 4 heteroatoms. The van der Waals surface area contributed by atoms with Crippen molar-refractivity contribution < 1.29 is 9.90 Å². The van der Waals surface area contributed by atoms with Crippen molar-refractivity contribution in [3.05, 3.63) is 29.8 Å². The van der Waals surface area contributed by atoms with Crippen LogP contribution in [-0.4, -0.2) is 41.7 Å². The Hall–Kier alpha value is -1.39. The van der Waals surface area contributed by atoms with Gasteiger partial charge in [0.05, 0.1) is 12.1 Å². The molecule has 1 aromatic rings. The smallest absolute Gasteiger partial charge is 0.238 e. The van der Waals surface area contributed by atoms with Gasteiger partial charge in [-0.3, -0.25) is 9.69 Å². The van der Waals surface area contributed by atoms with Crippen molar-refractivity contribution >= 4 is 11.6 Å². The van der Waals surface area contributed by atoms with Crippen molar-refractivity contribution in [2.75, 3.05) is 25.5 Å². The molecule has 0 aliphatic heterocycles. The topological polar surface area (TPSA) is 52.6 Å². The van der Waals surface area contributed by atoms with Gasteiger partial charge in [-0.15, -0.1) is 0 Å². The number of hydrogen-bond donors (Lipinski definition) is 2. The molecule has 1 amide bonds. The summed E-state index contributed by atoms with van der Waals surface area (Å²) in [5.41, 5.74) is 1.30. The lowest BCUT2D eigenvalue weighted by Crippen LogP contribution is -2.40. The Morgan fingerprint density at radius 1 is 1.30 bits per heavy atom. The number of anilines is 1. The molecular formula is C16H26N2O2. The maximum absolute atomic E-state index is 11.9. The molecule has 0 heterocycles. The summed E-state index contributed by atoms with van der Waals surface area (Å²) in [4.78, 5) is 13.7. The van der Waals surface area contributed by atoms with Gasteiger partial charge in [0.2, 0.25) is 5.91 Å². The molecule has 112 valence electrons. The zero-order valence-corrected chi connectivity index (χ0v) is 12.9. The summed E-state index contributed by atoms with van der Waals surface area (Å²) in [5.74, 6) is -0.0695. The van der Waals surface area contributed by atoms with Gasteiger partial charge in [0.1, 0.15) is 0 Å². The van der Waals surface area contributed by atoms with Gasteiger partial charge in [-0.25, -0.2) is 0 Å². The van der Waals surface area contributed by atoms with E-state index in [1.165, 1.54) is 5.56 Å². The molecule has 1 aromatic carbocycles. The Labute approximate surface area is 121 Å². The van der Waals surface area contributed by atoms with Gasteiger partial charge in [-0.2, -0.15) is 0 Å². The number of aliphatic hydroxyl groups is 1. The number of aryl methyl sites for hydroxylation is 1. The normalized spacial score (nSPS) is 11.7. The lowest BCUT2D eigenvalue weighted by molar-refractivity contribution is -0.117. The molecule has 0 saturated heterocycles. The van der Waals surface area contributed by atoms with Crippen molar-refractivity contribution in [3.63, 3.8) is 0 Å². The molecular weight excluding hydrogens is 252 g/mol. The number of carbonyl (C=O) groups excluding carboxylic acids is 1. The van der Waals surface area contributed by atoms with E-state index in [1.807, 2.05) is 31.3 Å². The molecule has 0 bridgehead atoms. The molecule has 0 fully saturated rings. The number of rotatable bonds is 7. The van der Waals surface area contributed by atoms with Gasteiger partial charge in [0.15, 0.2) is 0 Å². The molecule has 0 atom stereocenters. The fraction of sp³-hybridized carbons (Fsp3) is 0.562. The third-order valence-corrected chi connectivity index (χ3v) is 2.85. The molecule has 4 nitrogen and oxygen atoms in total. The molecule has 2 N–H and O–H groups in total. The largest absolute Gasteiger partial charge is 0.389 e. The van der Waals surface area contributed by atoms with Gasteiger partial charge in [0, 0.05) is 12.2 Å². The number of benzene rings is 1. The zero-order valence-electron chi connectivity index (χ0n) is 12.9. The van der Waals surface area contributed by atoms with Crippen molar-refractivity contribution in [2.24, 2.45) is 0 Å².